The van der Waals surface area contributed by atoms with Crippen molar-refractivity contribution in [2.45, 2.75) is 18.9 Å². The molecule has 0 spiro atoms. The fraction of sp³-hybridized carbons (Fsp3) is 0.538. The fourth-order valence-corrected chi connectivity index (χ4v) is 2.77. The molecule has 2 heteroatoms. The lowest BCUT2D eigenvalue weighted by Gasteiger charge is -2.31. The molecule has 1 saturated heterocycles. The fourth-order valence-electron chi connectivity index (χ4n) is 2.77. The van der Waals surface area contributed by atoms with Gasteiger partial charge in [-0.25, -0.2) is 0 Å². The highest BCUT2D eigenvalue weighted by molar-refractivity contribution is 5.32. The van der Waals surface area contributed by atoms with Crippen molar-refractivity contribution >= 4 is 0 Å². The molecule has 80 valence electrons. The summed E-state index contributed by atoms with van der Waals surface area (Å²) in [6.45, 7) is 2.95. The van der Waals surface area contributed by atoms with E-state index >= 15 is 0 Å². The van der Waals surface area contributed by atoms with Crippen molar-refractivity contribution in [1.29, 1.82) is 0 Å². The van der Waals surface area contributed by atoms with Gasteiger partial charge in [0.1, 0.15) is 0 Å². The van der Waals surface area contributed by atoms with Gasteiger partial charge in [-0.1, -0.05) is 24.3 Å². The van der Waals surface area contributed by atoms with E-state index in [4.69, 9.17) is 4.74 Å². The molecule has 0 bridgehead atoms. The average Bonchev–Trinajstić information content (AvgIpc) is 2.54. The molecule has 1 aromatic carbocycles. The Bertz CT molecular complexity index is 350. The molecular weight excluding hydrogens is 186 g/mol. The molecule has 1 N–H and O–H groups in total. The van der Waals surface area contributed by atoms with E-state index < -0.39 is 0 Å². The summed E-state index contributed by atoms with van der Waals surface area (Å²) in [7, 11) is 0. The summed E-state index contributed by atoms with van der Waals surface area (Å²) >= 11 is 0. The van der Waals surface area contributed by atoms with E-state index in [1.165, 1.54) is 24.0 Å². The maximum Gasteiger partial charge on any atom is 0.0868 e. The van der Waals surface area contributed by atoms with Gasteiger partial charge < -0.3 is 10.1 Å². The van der Waals surface area contributed by atoms with Crippen molar-refractivity contribution in [3.8, 4) is 0 Å². The lowest BCUT2D eigenvalue weighted by atomic mass is 9.81. The van der Waals surface area contributed by atoms with Crippen LogP contribution in [0.3, 0.4) is 0 Å². The summed E-state index contributed by atoms with van der Waals surface area (Å²) in [6, 6.07) is 8.74. The minimum absolute atomic E-state index is 0.338. The van der Waals surface area contributed by atoms with Gasteiger partial charge in [-0.15, -0.1) is 0 Å². The number of ether oxygens (including phenoxy) is 1. The Kier molecular flexibility index (Phi) is 2.47. The summed E-state index contributed by atoms with van der Waals surface area (Å²) < 4.78 is 5.97. The Morgan fingerprint density at radius 3 is 3.20 bits per heavy atom. The van der Waals surface area contributed by atoms with Crippen LogP contribution in [0.1, 0.15) is 23.7 Å². The van der Waals surface area contributed by atoms with Gasteiger partial charge in [-0.2, -0.15) is 0 Å². The van der Waals surface area contributed by atoms with Crippen LogP contribution in [0.25, 0.3) is 0 Å². The van der Waals surface area contributed by atoms with E-state index in [1.54, 1.807) is 0 Å². The number of rotatable bonds is 0. The van der Waals surface area contributed by atoms with Crippen LogP contribution < -0.4 is 5.32 Å². The predicted molar refractivity (Wildman–Crippen MR) is 59.8 cm³/mol. The first kappa shape index (κ1) is 9.37. The summed E-state index contributed by atoms with van der Waals surface area (Å²) in [5, 5.41) is 3.45. The van der Waals surface area contributed by atoms with Crippen LogP contribution in [0.5, 0.6) is 0 Å². The number of fused-ring (bicyclic) bond motifs is 3. The molecule has 0 saturated carbocycles. The van der Waals surface area contributed by atoms with E-state index in [1.807, 2.05) is 0 Å². The number of hydrogen-bond acceptors (Lipinski definition) is 2. The third kappa shape index (κ3) is 1.68. The Morgan fingerprint density at radius 2 is 2.20 bits per heavy atom. The molecule has 1 heterocycles. The van der Waals surface area contributed by atoms with Crippen LogP contribution in [0.2, 0.25) is 0 Å². The molecule has 15 heavy (non-hydrogen) atoms. The van der Waals surface area contributed by atoms with Crippen molar-refractivity contribution in [3.05, 3.63) is 35.4 Å². The molecule has 0 radical (unpaired) electrons. The molecule has 2 unspecified atom stereocenters. The summed E-state index contributed by atoms with van der Waals surface area (Å²) in [5.74, 6) is 0.669. The van der Waals surface area contributed by atoms with Crippen LogP contribution in [-0.2, 0) is 11.2 Å². The Labute approximate surface area is 90.6 Å². The lowest BCUT2D eigenvalue weighted by molar-refractivity contribution is 0.0223. The van der Waals surface area contributed by atoms with Crippen LogP contribution in [0, 0.1) is 5.92 Å². The number of nitrogens with one attached hydrogen (secondary N) is 1. The third-order valence-corrected chi connectivity index (χ3v) is 3.56. The quantitative estimate of drug-likeness (QED) is 0.695. The first-order valence-corrected chi connectivity index (χ1v) is 5.85. The van der Waals surface area contributed by atoms with Gasteiger partial charge in [-0.3, -0.25) is 0 Å². The highest BCUT2D eigenvalue weighted by atomic mass is 16.5. The lowest BCUT2D eigenvalue weighted by Crippen LogP contribution is -2.28. The van der Waals surface area contributed by atoms with Crippen molar-refractivity contribution in [1.82, 2.24) is 5.32 Å². The molecule has 1 aliphatic heterocycles. The molecular formula is C13H17NO. The van der Waals surface area contributed by atoms with Crippen LogP contribution in [0.4, 0.5) is 0 Å². The van der Waals surface area contributed by atoms with E-state index in [0.717, 1.165) is 19.7 Å². The van der Waals surface area contributed by atoms with Gasteiger partial charge in [0.05, 0.1) is 12.7 Å². The highest BCUT2D eigenvalue weighted by Gasteiger charge is 2.30. The van der Waals surface area contributed by atoms with Crippen molar-refractivity contribution in [2.24, 2.45) is 5.92 Å². The molecule has 2 atom stereocenters. The maximum absolute atomic E-state index is 5.97. The highest BCUT2D eigenvalue weighted by Crippen LogP contribution is 2.37. The third-order valence-electron chi connectivity index (χ3n) is 3.56. The van der Waals surface area contributed by atoms with Crippen LogP contribution in [-0.4, -0.2) is 19.7 Å². The van der Waals surface area contributed by atoms with Gasteiger partial charge in [-0.05, 0) is 24.0 Å². The summed E-state index contributed by atoms with van der Waals surface area (Å²) in [6.07, 6.45) is 2.81. The minimum Gasteiger partial charge on any atom is -0.372 e. The zero-order chi connectivity index (χ0) is 10.1. The smallest absolute Gasteiger partial charge is 0.0868 e. The molecule has 1 aliphatic carbocycles. The normalized spacial score (nSPS) is 30.1. The number of benzene rings is 1. The molecule has 3 rings (SSSR count). The number of aryl methyl sites for hydroxylation is 1. The van der Waals surface area contributed by atoms with Gasteiger partial charge in [0.2, 0.25) is 0 Å². The Morgan fingerprint density at radius 1 is 1.27 bits per heavy atom. The molecule has 1 aromatic rings. The SMILES string of the molecule is c1ccc2c(c1)CCC1CNCCOC21. The average molecular weight is 203 g/mol. The first-order valence-electron chi connectivity index (χ1n) is 5.85. The standard InChI is InChI=1S/C13H17NO/c1-2-4-12-10(3-1)5-6-11-9-14-7-8-15-13(11)12/h1-4,11,13-14H,5-9H2. The van der Waals surface area contributed by atoms with Gasteiger partial charge in [0.15, 0.2) is 0 Å². The van der Waals surface area contributed by atoms with Crippen LogP contribution in [0.15, 0.2) is 24.3 Å². The molecule has 0 amide bonds. The van der Waals surface area contributed by atoms with E-state index in [-0.39, 0.29) is 0 Å². The van der Waals surface area contributed by atoms with Gasteiger partial charge in [0, 0.05) is 19.0 Å². The predicted octanol–water partition coefficient (Wildman–Crippen LogP) is 1.91. The van der Waals surface area contributed by atoms with Crippen molar-refractivity contribution in [3.63, 3.8) is 0 Å². The zero-order valence-electron chi connectivity index (χ0n) is 8.91. The van der Waals surface area contributed by atoms with Gasteiger partial charge >= 0.3 is 0 Å². The second kappa shape index (κ2) is 3.95. The molecule has 2 nitrogen and oxygen atoms in total. The second-order valence-electron chi connectivity index (χ2n) is 4.49. The topological polar surface area (TPSA) is 21.3 Å². The van der Waals surface area contributed by atoms with E-state index in [9.17, 15) is 0 Å². The van der Waals surface area contributed by atoms with Crippen LogP contribution >= 0.6 is 0 Å². The van der Waals surface area contributed by atoms with Gasteiger partial charge in [0.25, 0.3) is 0 Å². The van der Waals surface area contributed by atoms with Crippen molar-refractivity contribution in [2.75, 3.05) is 19.7 Å². The monoisotopic (exact) mass is 203 g/mol. The minimum atomic E-state index is 0.338. The maximum atomic E-state index is 5.97. The van der Waals surface area contributed by atoms with E-state index in [2.05, 4.69) is 29.6 Å². The Hall–Kier alpha value is -0.860. The molecule has 1 fully saturated rings. The van der Waals surface area contributed by atoms with Crippen molar-refractivity contribution < 1.29 is 4.74 Å². The molecule has 0 aromatic heterocycles. The largest absolute Gasteiger partial charge is 0.372 e. The zero-order valence-corrected chi connectivity index (χ0v) is 8.91. The number of hydrogen-bond donors (Lipinski definition) is 1. The summed E-state index contributed by atoms with van der Waals surface area (Å²) in [5.41, 5.74) is 2.91. The first-order chi connectivity index (χ1) is 7.45. The second-order valence-corrected chi connectivity index (χ2v) is 4.49. The molecule has 2 aliphatic rings. The van der Waals surface area contributed by atoms with E-state index in [0.29, 0.717) is 12.0 Å². The summed E-state index contributed by atoms with van der Waals surface area (Å²) in [4.78, 5) is 0. The Balaban J connectivity index is 1.96.